The molecule has 0 saturated carbocycles. The number of hydrogen-bond acceptors (Lipinski definition) is 6. The zero-order valence-corrected chi connectivity index (χ0v) is 24.7. The molecule has 1 saturated heterocycles. The molecule has 0 aromatic heterocycles. The van der Waals surface area contributed by atoms with Crippen LogP contribution in [0.3, 0.4) is 0 Å². The summed E-state index contributed by atoms with van der Waals surface area (Å²) >= 11 is 0. The predicted molar refractivity (Wildman–Crippen MR) is 156 cm³/mol. The number of hydrogen-bond donors (Lipinski definition) is 0. The Balaban J connectivity index is 1.67. The van der Waals surface area contributed by atoms with Crippen molar-refractivity contribution in [1.82, 2.24) is 4.90 Å². The summed E-state index contributed by atoms with van der Waals surface area (Å²) in [5, 5.41) is 2.01. The van der Waals surface area contributed by atoms with E-state index >= 15 is 0 Å². The standard InChI is InChI=1S/C32H37NO6Si/c1-23(34)39-29-28(24-15-9-6-10-16-24)33(30(29)35)27(31(36)37-5)21-22-38-40(32(2,3)4,25-17-11-7-12-18-25)26-19-13-8-14-20-26/h6-20,27-29H,21-22H2,1-5H3. The highest BCUT2D eigenvalue weighted by molar-refractivity contribution is 6.99. The average molecular weight is 560 g/mol. The van der Waals surface area contributed by atoms with Gasteiger partial charge in [-0.2, -0.15) is 0 Å². The normalized spacial score (nSPS) is 18.0. The third-order valence-electron chi connectivity index (χ3n) is 7.45. The van der Waals surface area contributed by atoms with Crippen LogP contribution in [-0.2, 0) is 28.3 Å². The zero-order valence-electron chi connectivity index (χ0n) is 23.7. The molecule has 0 aliphatic carbocycles. The van der Waals surface area contributed by atoms with Crippen LogP contribution in [-0.4, -0.2) is 56.9 Å². The molecule has 0 N–H and O–H groups in total. The first-order valence-electron chi connectivity index (χ1n) is 13.5. The number of methoxy groups -OCH3 is 1. The van der Waals surface area contributed by atoms with Gasteiger partial charge in [0.25, 0.3) is 14.2 Å². The van der Waals surface area contributed by atoms with Gasteiger partial charge in [0.05, 0.1) is 7.11 Å². The molecule has 1 fully saturated rings. The Bertz CT molecular complexity index is 1270. The third kappa shape index (κ3) is 5.60. The predicted octanol–water partition coefficient (Wildman–Crippen LogP) is 4.01. The highest BCUT2D eigenvalue weighted by atomic mass is 28.4. The monoisotopic (exact) mass is 559 g/mol. The molecule has 7 nitrogen and oxygen atoms in total. The smallest absolute Gasteiger partial charge is 0.328 e. The van der Waals surface area contributed by atoms with Crippen molar-refractivity contribution in [1.29, 1.82) is 0 Å². The minimum Gasteiger partial charge on any atom is -0.467 e. The Morgan fingerprint density at radius 3 is 1.82 bits per heavy atom. The maximum atomic E-state index is 13.3. The lowest BCUT2D eigenvalue weighted by Crippen LogP contribution is -2.67. The van der Waals surface area contributed by atoms with Crippen LogP contribution in [0, 0.1) is 0 Å². The maximum Gasteiger partial charge on any atom is 0.328 e. The Morgan fingerprint density at radius 2 is 1.38 bits per heavy atom. The van der Waals surface area contributed by atoms with Crippen molar-refractivity contribution in [3.63, 3.8) is 0 Å². The Kier molecular flexibility index (Phi) is 8.91. The molecule has 3 unspecified atom stereocenters. The number of rotatable bonds is 10. The summed E-state index contributed by atoms with van der Waals surface area (Å²) in [6.45, 7) is 8.05. The van der Waals surface area contributed by atoms with E-state index in [1.807, 2.05) is 66.7 Å². The number of carbonyl (C=O) groups excluding carboxylic acids is 3. The Hall–Kier alpha value is -3.75. The topological polar surface area (TPSA) is 82.1 Å². The molecule has 8 heteroatoms. The lowest BCUT2D eigenvalue weighted by Gasteiger charge is -2.49. The molecule has 0 spiro atoms. The molecule has 1 aliphatic heterocycles. The summed E-state index contributed by atoms with van der Waals surface area (Å²) in [6, 6.07) is 28.2. The summed E-state index contributed by atoms with van der Waals surface area (Å²) in [6.07, 6.45) is -0.774. The average Bonchev–Trinajstić information content (AvgIpc) is 2.95. The third-order valence-corrected chi connectivity index (χ3v) is 12.5. The molecular formula is C32H37NO6Si. The highest BCUT2D eigenvalue weighted by Crippen LogP contribution is 2.41. The Morgan fingerprint density at radius 1 is 0.875 bits per heavy atom. The van der Waals surface area contributed by atoms with Gasteiger partial charge in [0.1, 0.15) is 12.1 Å². The molecule has 40 heavy (non-hydrogen) atoms. The molecule has 1 amide bonds. The van der Waals surface area contributed by atoms with Crippen molar-refractivity contribution in [2.45, 2.75) is 57.3 Å². The van der Waals surface area contributed by atoms with Crippen molar-refractivity contribution in [3.05, 3.63) is 96.6 Å². The van der Waals surface area contributed by atoms with Gasteiger partial charge < -0.3 is 18.8 Å². The minimum atomic E-state index is -2.85. The number of likely N-dealkylation sites (tertiary alicyclic amines) is 1. The molecule has 3 aromatic rings. The van der Waals surface area contributed by atoms with Gasteiger partial charge in [0.15, 0.2) is 0 Å². The van der Waals surface area contributed by atoms with Crippen LogP contribution in [0.1, 0.15) is 45.7 Å². The summed E-state index contributed by atoms with van der Waals surface area (Å²) < 4.78 is 17.5. The van der Waals surface area contributed by atoms with Crippen LogP contribution in [0.5, 0.6) is 0 Å². The summed E-state index contributed by atoms with van der Waals surface area (Å²) in [7, 11) is -1.54. The molecule has 4 rings (SSSR count). The van der Waals surface area contributed by atoms with Gasteiger partial charge in [0.2, 0.25) is 6.10 Å². The minimum absolute atomic E-state index is 0.219. The zero-order chi connectivity index (χ0) is 28.9. The number of benzene rings is 3. The molecule has 210 valence electrons. The van der Waals surface area contributed by atoms with Gasteiger partial charge in [-0.15, -0.1) is 0 Å². The number of amides is 1. The van der Waals surface area contributed by atoms with E-state index in [1.54, 1.807) is 0 Å². The fraction of sp³-hybridized carbons (Fsp3) is 0.344. The molecule has 1 aliphatic rings. The van der Waals surface area contributed by atoms with Crippen molar-refractivity contribution < 1.29 is 28.3 Å². The van der Waals surface area contributed by atoms with Gasteiger partial charge in [0, 0.05) is 20.0 Å². The van der Waals surface area contributed by atoms with E-state index in [0.29, 0.717) is 0 Å². The van der Waals surface area contributed by atoms with Crippen LogP contribution in [0.25, 0.3) is 0 Å². The van der Waals surface area contributed by atoms with Gasteiger partial charge in [-0.1, -0.05) is 112 Å². The second-order valence-corrected chi connectivity index (χ2v) is 15.3. The first-order valence-corrected chi connectivity index (χ1v) is 15.4. The van der Waals surface area contributed by atoms with Crippen LogP contribution in [0.4, 0.5) is 0 Å². The first-order chi connectivity index (χ1) is 19.1. The lowest BCUT2D eigenvalue weighted by atomic mass is 9.88. The van der Waals surface area contributed by atoms with E-state index in [2.05, 4.69) is 45.0 Å². The van der Waals surface area contributed by atoms with Gasteiger partial charge in [-0.05, 0) is 21.0 Å². The number of nitrogens with zero attached hydrogens (tertiary/aromatic N) is 1. The van der Waals surface area contributed by atoms with Crippen LogP contribution < -0.4 is 10.4 Å². The summed E-state index contributed by atoms with van der Waals surface area (Å²) in [4.78, 5) is 39.7. The summed E-state index contributed by atoms with van der Waals surface area (Å²) in [5.41, 5.74) is 0.773. The SMILES string of the molecule is COC(=O)C(CCO[Si](c1ccccc1)(c1ccccc1)C(C)(C)C)N1C(=O)C(OC(C)=O)C1c1ccccc1. The molecule has 0 radical (unpaired) electrons. The van der Waals surface area contributed by atoms with Crippen molar-refractivity contribution >= 4 is 36.5 Å². The van der Waals surface area contributed by atoms with E-state index < -0.39 is 44.4 Å². The molecule has 1 heterocycles. The van der Waals surface area contributed by atoms with Crippen molar-refractivity contribution in [2.75, 3.05) is 13.7 Å². The van der Waals surface area contributed by atoms with E-state index in [0.717, 1.165) is 15.9 Å². The van der Waals surface area contributed by atoms with Gasteiger partial charge >= 0.3 is 11.9 Å². The molecular weight excluding hydrogens is 522 g/mol. The van der Waals surface area contributed by atoms with Gasteiger partial charge in [-0.25, -0.2) is 4.79 Å². The summed E-state index contributed by atoms with van der Waals surface area (Å²) in [5.74, 6) is -1.52. The first kappa shape index (κ1) is 29.2. The lowest BCUT2D eigenvalue weighted by molar-refractivity contribution is -0.191. The van der Waals surface area contributed by atoms with Crippen LogP contribution in [0.2, 0.25) is 5.04 Å². The second-order valence-electron chi connectivity index (χ2n) is 11.0. The van der Waals surface area contributed by atoms with E-state index in [4.69, 9.17) is 13.9 Å². The Labute approximate surface area is 237 Å². The highest BCUT2D eigenvalue weighted by Gasteiger charge is 2.56. The van der Waals surface area contributed by atoms with Crippen molar-refractivity contribution in [3.8, 4) is 0 Å². The molecule has 3 aromatic carbocycles. The van der Waals surface area contributed by atoms with Crippen LogP contribution >= 0.6 is 0 Å². The number of β-lactam (4-membered cyclic amide) rings is 1. The fourth-order valence-electron chi connectivity index (χ4n) is 5.70. The maximum absolute atomic E-state index is 13.3. The molecule has 0 bridgehead atoms. The molecule has 3 atom stereocenters. The van der Waals surface area contributed by atoms with Crippen LogP contribution in [0.15, 0.2) is 91.0 Å². The van der Waals surface area contributed by atoms with Gasteiger partial charge in [-0.3, -0.25) is 9.59 Å². The number of esters is 2. The number of ether oxygens (including phenoxy) is 2. The van der Waals surface area contributed by atoms with E-state index in [-0.39, 0.29) is 18.1 Å². The number of carbonyl (C=O) groups is 3. The van der Waals surface area contributed by atoms with Crippen molar-refractivity contribution in [2.24, 2.45) is 0 Å². The van der Waals surface area contributed by atoms with E-state index in [9.17, 15) is 14.4 Å². The largest absolute Gasteiger partial charge is 0.467 e. The second kappa shape index (κ2) is 12.2. The fourth-order valence-corrected chi connectivity index (χ4v) is 10.3. The quantitative estimate of drug-likeness (QED) is 0.212. The van der Waals surface area contributed by atoms with E-state index in [1.165, 1.54) is 18.9 Å².